The van der Waals surface area contributed by atoms with Gasteiger partial charge in [0.25, 0.3) is 5.56 Å². The Morgan fingerprint density at radius 3 is 2.88 bits per heavy atom. The van der Waals surface area contributed by atoms with E-state index in [1.807, 2.05) is 0 Å². The van der Waals surface area contributed by atoms with Gasteiger partial charge in [-0.3, -0.25) is 4.79 Å². The van der Waals surface area contributed by atoms with Crippen LogP contribution in [-0.4, -0.2) is 15.6 Å². The van der Waals surface area contributed by atoms with Crippen molar-refractivity contribution in [2.75, 3.05) is 0 Å². The van der Waals surface area contributed by atoms with Crippen LogP contribution in [0.25, 0.3) is 0 Å². The molecule has 0 atom stereocenters. The van der Waals surface area contributed by atoms with Crippen LogP contribution < -0.4 is 5.56 Å². The average molecular weight is 219 g/mol. The third kappa shape index (κ3) is 2.03. The Kier molecular flexibility index (Phi) is 2.59. The van der Waals surface area contributed by atoms with E-state index in [-0.39, 0.29) is 17.7 Å². The van der Waals surface area contributed by atoms with Gasteiger partial charge in [0.05, 0.1) is 12.1 Å². The minimum Gasteiger partial charge on any atom is -0.478 e. The fourth-order valence-corrected chi connectivity index (χ4v) is 1.33. The predicted octanol–water partition coefficient (Wildman–Crippen LogP) is 1.19. The number of carbonyl (C=O) groups is 1. The zero-order valence-corrected chi connectivity index (χ0v) is 8.29. The van der Waals surface area contributed by atoms with Crippen LogP contribution in [0.1, 0.15) is 16.1 Å². The van der Waals surface area contributed by atoms with Crippen molar-refractivity contribution in [3.63, 3.8) is 0 Å². The molecule has 0 saturated heterocycles. The molecule has 2 aromatic heterocycles. The van der Waals surface area contributed by atoms with E-state index in [0.29, 0.717) is 5.76 Å². The van der Waals surface area contributed by atoms with Gasteiger partial charge in [-0.2, -0.15) is 0 Å². The van der Waals surface area contributed by atoms with E-state index in [9.17, 15) is 9.59 Å². The molecule has 0 aromatic carbocycles. The molecule has 0 fully saturated rings. The molecule has 0 radical (unpaired) electrons. The molecule has 5 nitrogen and oxygen atoms in total. The van der Waals surface area contributed by atoms with Gasteiger partial charge in [0, 0.05) is 12.3 Å². The highest BCUT2D eigenvalue weighted by Gasteiger charge is 2.08. The molecule has 82 valence electrons. The first-order valence-electron chi connectivity index (χ1n) is 4.63. The van der Waals surface area contributed by atoms with Gasteiger partial charge >= 0.3 is 5.97 Å². The lowest BCUT2D eigenvalue weighted by Gasteiger charge is -2.00. The summed E-state index contributed by atoms with van der Waals surface area (Å²) < 4.78 is 6.48. The van der Waals surface area contributed by atoms with E-state index in [0.717, 1.165) is 6.26 Å². The summed E-state index contributed by atoms with van der Waals surface area (Å²) in [4.78, 5) is 22.0. The quantitative estimate of drug-likeness (QED) is 0.841. The Labute approximate surface area is 90.6 Å². The van der Waals surface area contributed by atoms with Crippen LogP contribution in [0.2, 0.25) is 0 Å². The lowest BCUT2D eigenvalue weighted by molar-refractivity contribution is 0.0696. The van der Waals surface area contributed by atoms with Crippen LogP contribution in [0.5, 0.6) is 0 Å². The standard InChI is InChI=1S/C11H9NO4/c13-10-3-1-2-4-12(10)6-9-5-8(7-16-9)11(14)15/h1-5,7H,6H2,(H,14,15). The summed E-state index contributed by atoms with van der Waals surface area (Å²) in [7, 11) is 0. The molecule has 2 heterocycles. The van der Waals surface area contributed by atoms with Gasteiger partial charge in [-0.15, -0.1) is 0 Å². The van der Waals surface area contributed by atoms with Gasteiger partial charge in [-0.05, 0) is 12.1 Å². The molecular weight excluding hydrogens is 210 g/mol. The third-order valence-corrected chi connectivity index (χ3v) is 2.13. The van der Waals surface area contributed by atoms with Gasteiger partial charge in [0.15, 0.2) is 0 Å². The molecule has 16 heavy (non-hydrogen) atoms. The smallest absolute Gasteiger partial charge is 0.338 e. The maximum atomic E-state index is 11.4. The molecular formula is C11H9NO4. The first kappa shape index (κ1) is 10.2. The van der Waals surface area contributed by atoms with Crippen LogP contribution in [0.15, 0.2) is 45.9 Å². The van der Waals surface area contributed by atoms with Crippen LogP contribution in [0.4, 0.5) is 0 Å². The highest BCUT2D eigenvalue weighted by Crippen LogP contribution is 2.08. The lowest BCUT2D eigenvalue weighted by Crippen LogP contribution is -2.17. The SMILES string of the molecule is O=C(O)c1coc(Cn2ccccc2=O)c1. The first-order chi connectivity index (χ1) is 7.66. The number of carboxylic acid groups (broad SMARTS) is 1. The molecule has 0 unspecified atom stereocenters. The van der Waals surface area contributed by atoms with Gasteiger partial charge in [0.1, 0.15) is 12.0 Å². The Balaban J connectivity index is 2.24. The molecule has 2 rings (SSSR count). The fourth-order valence-electron chi connectivity index (χ4n) is 1.33. The second-order valence-corrected chi connectivity index (χ2v) is 3.27. The van der Waals surface area contributed by atoms with Crippen LogP contribution in [0.3, 0.4) is 0 Å². The van der Waals surface area contributed by atoms with Crippen LogP contribution in [0, 0.1) is 0 Å². The van der Waals surface area contributed by atoms with Crippen molar-refractivity contribution in [3.05, 3.63) is 58.4 Å². The maximum absolute atomic E-state index is 11.4. The van der Waals surface area contributed by atoms with E-state index >= 15 is 0 Å². The Hall–Kier alpha value is -2.30. The zero-order chi connectivity index (χ0) is 11.5. The van der Waals surface area contributed by atoms with E-state index in [1.165, 1.54) is 16.7 Å². The van der Waals surface area contributed by atoms with Gasteiger partial charge in [0.2, 0.25) is 0 Å². The Bertz CT molecular complexity index is 567. The Morgan fingerprint density at radius 2 is 2.25 bits per heavy atom. The second-order valence-electron chi connectivity index (χ2n) is 3.27. The molecule has 2 aromatic rings. The summed E-state index contributed by atoms with van der Waals surface area (Å²) in [5.41, 5.74) is -0.0743. The molecule has 0 aliphatic carbocycles. The van der Waals surface area contributed by atoms with Crippen molar-refractivity contribution in [1.29, 1.82) is 0 Å². The van der Waals surface area contributed by atoms with Crippen LogP contribution >= 0.6 is 0 Å². The fraction of sp³-hybridized carbons (Fsp3) is 0.0909. The average Bonchev–Trinajstić information content (AvgIpc) is 2.70. The normalized spacial score (nSPS) is 10.2. The third-order valence-electron chi connectivity index (χ3n) is 2.13. The molecule has 1 N–H and O–H groups in total. The molecule has 0 spiro atoms. The topological polar surface area (TPSA) is 72.4 Å². The molecule has 0 bridgehead atoms. The minimum absolute atomic E-state index is 0.0824. The number of aromatic nitrogens is 1. The summed E-state index contributed by atoms with van der Waals surface area (Å²) in [6.45, 7) is 0.229. The van der Waals surface area contributed by atoms with Crippen molar-refractivity contribution in [3.8, 4) is 0 Å². The predicted molar refractivity (Wildman–Crippen MR) is 55.5 cm³/mol. The summed E-state index contributed by atoms with van der Waals surface area (Å²) in [5, 5.41) is 8.69. The number of rotatable bonds is 3. The van der Waals surface area contributed by atoms with E-state index in [4.69, 9.17) is 9.52 Å². The summed E-state index contributed by atoms with van der Waals surface area (Å²) in [5.74, 6) is -0.610. The highest BCUT2D eigenvalue weighted by molar-refractivity contribution is 5.87. The van der Waals surface area contributed by atoms with Crippen molar-refractivity contribution in [2.24, 2.45) is 0 Å². The molecule has 0 amide bonds. The number of pyridine rings is 1. The summed E-state index contributed by atoms with van der Waals surface area (Å²) in [6, 6.07) is 6.20. The summed E-state index contributed by atoms with van der Waals surface area (Å²) >= 11 is 0. The molecule has 0 aliphatic heterocycles. The van der Waals surface area contributed by atoms with Crippen molar-refractivity contribution >= 4 is 5.97 Å². The summed E-state index contributed by atoms with van der Waals surface area (Å²) in [6.07, 6.45) is 2.77. The van der Waals surface area contributed by atoms with Gasteiger partial charge < -0.3 is 14.1 Å². The second kappa shape index (κ2) is 4.06. The van der Waals surface area contributed by atoms with Crippen molar-refractivity contribution in [2.45, 2.75) is 6.54 Å². The number of aromatic carboxylic acids is 1. The van der Waals surface area contributed by atoms with E-state index < -0.39 is 5.97 Å². The first-order valence-corrected chi connectivity index (χ1v) is 4.63. The zero-order valence-electron chi connectivity index (χ0n) is 8.29. The Morgan fingerprint density at radius 1 is 1.44 bits per heavy atom. The molecule has 5 heteroatoms. The van der Waals surface area contributed by atoms with E-state index in [1.54, 1.807) is 18.3 Å². The van der Waals surface area contributed by atoms with Gasteiger partial charge in [-0.25, -0.2) is 4.79 Å². The largest absolute Gasteiger partial charge is 0.478 e. The number of carboxylic acids is 1. The molecule has 0 saturated carbocycles. The van der Waals surface area contributed by atoms with Gasteiger partial charge in [-0.1, -0.05) is 6.07 Å². The lowest BCUT2D eigenvalue weighted by atomic mass is 10.3. The number of furan rings is 1. The maximum Gasteiger partial charge on any atom is 0.338 e. The van der Waals surface area contributed by atoms with Crippen molar-refractivity contribution < 1.29 is 14.3 Å². The monoisotopic (exact) mass is 219 g/mol. The van der Waals surface area contributed by atoms with Crippen LogP contribution in [-0.2, 0) is 6.54 Å². The highest BCUT2D eigenvalue weighted by atomic mass is 16.4. The van der Waals surface area contributed by atoms with Crippen molar-refractivity contribution in [1.82, 2.24) is 4.57 Å². The number of nitrogens with zero attached hydrogens (tertiary/aromatic N) is 1. The van der Waals surface area contributed by atoms with E-state index in [2.05, 4.69) is 0 Å². The minimum atomic E-state index is -1.05. The number of hydrogen-bond acceptors (Lipinski definition) is 3. The molecule has 0 aliphatic rings. The number of hydrogen-bond donors (Lipinski definition) is 1.